The molecule has 4 heteroatoms. The number of benzene rings is 2. The molecule has 0 radical (unpaired) electrons. The lowest BCUT2D eigenvalue weighted by atomic mass is 9.97. The third-order valence-electron chi connectivity index (χ3n) is 5.24. The van der Waals surface area contributed by atoms with E-state index in [-0.39, 0.29) is 5.97 Å². The van der Waals surface area contributed by atoms with Gasteiger partial charge in [-0.15, -0.1) is 0 Å². The van der Waals surface area contributed by atoms with Crippen LogP contribution in [-0.2, 0) is 4.74 Å². The van der Waals surface area contributed by atoms with E-state index in [9.17, 15) is 4.79 Å². The van der Waals surface area contributed by atoms with Gasteiger partial charge in [-0.2, -0.15) is 0 Å². The summed E-state index contributed by atoms with van der Waals surface area (Å²) < 4.78 is 11.2. The maximum absolute atomic E-state index is 12.2. The minimum Gasteiger partial charge on any atom is -0.462 e. The maximum Gasteiger partial charge on any atom is 0.338 e. The molecule has 2 unspecified atom stereocenters. The molecule has 0 aliphatic carbocycles. The van der Waals surface area contributed by atoms with Crippen LogP contribution in [0.15, 0.2) is 54.6 Å². The fourth-order valence-electron chi connectivity index (χ4n) is 3.69. The number of hydrogen-bond acceptors (Lipinski definition) is 4. The summed E-state index contributed by atoms with van der Waals surface area (Å²) in [4.78, 5) is 14.8. The molecule has 0 spiro atoms. The molecular formula is C23H29NO3. The van der Waals surface area contributed by atoms with Crippen molar-refractivity contribution < 1.29 is 14.3 Å². The zero-order chi connectivity index (χ0) is 19.1. The van der Waals surface area contributed by atoms with E-state index in [1.807, 2.05) is 30.3 Å². The second-order valence-electron chi connectivity index (χ2n) is 7.30. The number of piperidine rings is 1. The summed E-state index contributed by atoms with van der Waals surface area (Å²) in [7, 11) is 0. The molecule has 144 valence electrons. The molecule has 1 saturated heterocycles. The van der Waals surface area contributed by atoms with E-state index in [4.69, 9.17) is 9.47 Å². The van der Waals surface area contributed by atoms with Crippen molar-refractivity contribution in [2.45, 2.75) is 51.6 Å². The molecular weight excluding hydrogens is 338 g/mol. The average molecular weight is 367 g/mol. The Morgan fingerprint density at radius 3 is 2.26 bits per heavy atom. The van der Waals surface area contributed by atoms with Gasteiger partial charge in [0.25, 0.3) is 0 Å². The molecule has 1 aliphatic heterocycles. The third-order valence-corrected chi connectivity index (χ3v) is 5.24. The lowest BCUT2D eigenvalue weighted by molar-refractivity contribution is 0.0450. The molecule has 2 atom stereocenters. The molecule has 4 nitrogen and oxygen atoms in total. The van der Waals surface area contributed by atoms with Crippen LogP contribution in [0.4, 0.5) is 0 Å². The zero-order valence-corrected chi connectivity index (χ0v) is 16.3. The lowest BCUT2D eigenvalue weighted by Gasteiger charge is -2.38. The Hall–Kier alpha value is -2.33. The first-order chi connectivity index (χ1) is 13.1. The molecule has 2 aromatic rings. The van der Waals surface area contributed by atoms with Crippen LogP contribution in [0.25, 0.3) is 0 Å². The topological polar surface area (TPSA) is 38.8 Å². The van der Waals surface area contributed by atoms with Crippen molar-refractivity contribution in [1.82, 2.24) is 4.90 Å². The maximum atomic E-state index is 12.2. The van der Waals surface area contributed by atoms with Gasteiger partial charge in [0.15, 0.2) is 0 Å². The van der Waals surface area contributed by atoms with Crippen LogP contribution in [0.3, 0.4) is 0 Å². The summed E-state index contributed by atoms with van der Waals surface area (Å²) in [6.07, 6.45) is 4.72. The first kappa shape index (κ1) is 19.4. The van der Waals surface area contributed by atoms with Crippen LogP contribution in [0, 0.1) is 0 Å². The quantitative estimate of drug-likeness (QED) is 0.492. The Morgan fingerprint density at radius 2 is 1.59 bits per heavy atom. The monoisotopic (exact) mass is 367 g/mol. The number of ether oxygens (including phenoxy) is 2. The normalized spacial score (nSPS) is 20.2. The van der Waals surface area contributed by atoms with E-state index in [2.05, 4.69) is 18.7 Å². The fraction of sp³-hybridized carbons (Fsp3) is 0.435. The molecule has 1 aliphatic rings. The summed E-state index contributed by atoms with van der Waals surface area (Å²) in [5, 5.41) is 0. The smallest absolute Gasteiger partial charge is 0.338 e. The largest absolute Gasteiger partial charge is 0.462 e. The Labute approximate surface area is 162 Å². The van der Waals surface area contributed by atoms with Gasteiger partial charge < -0.3 is 9.47 Å². The summed E-state index contributed by atoms with van der Waals surface area (Å²) in [5.74, 6) is 1.20. The fourth-order valence-corrected chi connectivity index (χ4v) is 3.69. The lowest BCUT2D eigenvalue weighted by Crippen LogP contribution is -2.44. The van der Waals surface area contributed by atoms with Gasteiger partial charge in [-0.3, -0.25) is 4.90 Å². The van der Waals surface area contributed by atoms with Gasteiger partial charge in [0.2, 0.25) is 0 Å². The number of nitrogens with zero attached hydrogens (tertiary/aromatic N) is 1. The highest BCUT2D eigenvalue weighted by Crippen LogP contribution is 2.23. The summed E-state index contributed by atoms with van der Waals surface area (Å²) in [6, 6.07) is 17.9. The van der Waals surface area contributed by atoms with Crippen molar-refractivity contribution in [3.05, 3.63) is 60.2 Å². The van der Waals surface area contributed by atoms with Crippen LogP contribution in [0.2, 0.25) is 0 Å². The molecule has 1 fully saturated rings. The number of para-hydroxylation sites is 1. The molecule has 1 heterocycles. The number of carbonyl (C=O) groups excluding carboxylic acids is 1. The van der Waals surface area contributed by atoms with Gasteiger partial charge in [0.1, 0.15) is 11.5 Å². The Balaban J connectivity index is 1.43. The van der Waals surface area contributed by atoms with Crippen LogP contribution >= 0.6 is 0 Å². The van der Waals surface area contributed by atoms with Gasteiger partial charge in [0.05, 0.1) is 12.2 Å². The minimum atomic E-state index is -0.277. The minimum absolute atomic E-state index is 0.277. The summed E-state index contributed by atoms with van der Waals surface area (Å²) >= 11 is 0. The zero-order valence-electron chi connectivity index (χ0n) is 16.3. The average Bonchev–Trinajstić information content (AvgIpc) is 2.68. The van der Waals surface area contributed by atoms with Crippen molar-refractivity contribution in [3.8, 4) is 11.5 Å². The molecule has 0 bridgehead atoms. The number of carbonyl (C=O) groups is 1. The molecule has 27 heavy (non-hydrogen) atoms. The first-order valence-corrected chi connectivity index (χ1v) is 9.89. The Kier molecular flexibility index (Phi) is 6.88. The van der Waals surface area contributed by atoms with Crippen molar-refractivity contribution >= 4 is 5.97 Å². The highest BCUT2D eigenvalue weighted by Gasteiger charge is 2.23. The standard InChI is InChI=1S/C23H29NO3/c1-18-8-6-9-19(2)24(18)16-7-17-26-23(25)20-12-14-22(15-13-20)27-21-10-4-3-5-11-21/h3-5,10-15,18-19H,6-9,16-17H2,1-2H3. The van der Waals surface area contributed by atoms with E-state index in [1.165, 1.54) is 19.3 Å². The molecule has 3 rings (SSSR count). The number of likely N-dealkylation sites (tertiary alicyclic amines) is 1. The second-order valence-corrected chi connectivity index (χ2v) is 7.30. The van der Waals surface area contributed by atoms with Gasteiger partial charge in [0, 0.05) is 18.6 Å². The molecule has 2 aromatic carbocycles. The van der Waals surface area contributed by atoms with E-state index < -0.39 is 0 Å². The van der Waals surface area contributed by atoms with Crippen molar-refractivity contribution in [1.29, 1.82) is 0 Å². The van der Waals surface area contributed by atoms with Gasteiger partial charge >= 0.3 is 5.97 Å². The Morgan fingerprint density at radius 1 is 0.963 bits per heavy atom. The Bertz CT molecular complexity index is 704. The van der Waals surface area contributed by atoms with Crippen LogP contribution in [0.5, 0.6) is 11.5 Å². The van der Waals surface area contributed by atoms with Gasteiger partial charge in [-0.1, -0.05) is 24.6 Å². The van der Waals surface area contributed by atoms with Crippen LogP contribution in [-0.4, -0.2) is 36.1 Å². The van der Waals surface area contributed by atoms with Crippen molar-refractivity contribution in [3.63, 3.8) is 0 Å². The molecule has 0 amide bonds. The van der Waals surface area contributed by atoms with Crippen molar-refractivity contribution in [2.75, 3.05) is 13.2 Å². The molecule has 0 aromatic heterocycles. The van der Waals surface area contributed by atoms with Crippen LogP contribution < -0.4 is 4.74 Å². The predicted molar refractivity (Wildman–Crippen MR) is 107 cm³/mol. The van der Waals surface area contributed by atoms with Crippen LogP contribution in [0.1, 0.15) is 49.9 Å². The van der Waals surface area contributed by atoms with E-state index in [1.54, 1.807) is 24.3 Å². The number of esters is 1. The van der Waals surface area contributed by atoms with Gasteiger partial charge in [-0.25, -0.2) is 4.79 Å². The van der Waals surface area contributed by atoms with E-state index in [0.717, 1.165) is 18.7 Å². The highest BCUT2D eigenvalue weighted by atomic mass is 16.5. The summed E-state index contributed by atoms with van der Waals surface area (Å²) in [6.45, 7) is 6.03. The molecule has 0 N–H and O–H groups in total. The SMILES string of the molecule is CC1CCCC(C)N1CCCOC(=O)c1ccc(Oc2ccccc2)cc1. The predicted octanol–water partition coefficient (Wildman–Crippen LogP) is 5.29. The van der Waals surface area contributed by atoms with E-state index in [0.29, 0.717) is 30.0 Å². The summed E-state index contributed by atoms with van der Waals surface area (Å²) in [5.41, 5.74) is 0.551. The second kappa shape index (κ2) is 9.56. The molecule has 0 saturated carbocycles. The first-order valence-electron chi connectivity index (χ1n) is 9.89. The van der Waals surface area contributed by atoms with Gasteiger partial charge in [-0.05, 0) is 69.5 Å². The number of hydrogen-bond donors (Lipinski definition) is 0. The third kappa shape index (κ3) is 5.57. The highest BCUT2D eigenvalue weighted by molar-refractivity contribution is 5.89. The van der Waals surface area contributed by atoms with Crippen molar-refractivity contribution in [2.24, 2.45) is 0 Å². The van der Waals surface area contributed by atoms with E-state index >= 15 is 0 Å². The number of rotatable bonds is 7.